The summed E-state index contributed by atoms with van der Waals surface area (Å²) in [4.78, 5) is 13.7. The van der Waals surface area contributed by atoms with Crippen molar-refractivity contribution in [1.82, 2.24) is 4.90 Å². The molecule has 4 heteroatoms. The lowest BCUT2D eigenvalue weighted by atomic mass is 10.4. The quantitative estimate of drug-likeness (QED) is 0.430. The molecule has 0 fully saturated rings. The third-order valence-corrected chi connectivity index (χ3v) is 2.79. The molecule has 0 N–H and O–H groups in total. The van der Waals surface area contributed by atoms with E-state index < -0.39 is 0 Å². The van der Waals surface area contributed by atoms with E-state index in [1.165, 1.54) is 16.7 Å². The van der Waals surface area contributed by atoms with Crippen molar-refractivity contribution in [2.24, 2.45) is 0 Å². The van der Waals surface area contributed by atoms with E-state index in [2.05, 4.69) is 0 Å². The van der Waals surface area contributed by atoms with E-state index in [0.717, 1.165) is 4.90 Å². The van der Waals surface area contributed by atoms with Gasteiger partial charge in [-0.25, -0.2) is 0 Å². The Hall–Kier alpha value is -0.670. The molecule has 1 aromatic carbocycles. The van der Waals surface area contributed by atoms with Crippen molar-refractivity contribution < 1.29 is 4.79 Å². The number of carbonyl (C=O) groups is 1. The molecule has 0 unspecified atom stereocenters. The number of hydrogen-bond acceptors (Lipinski definition) is 2. The maximum Gasteiger partial charge on any atom is 0.287 e. The van der Waals surface area contributed by atoms with Crippen molar-refractivity contribution in [1.29, 1.82) is 0 Å². The molecule has 0 spiro atoms. The molecule has 0 aliphatic carbocycles. The molecule has 2 nitrogen and oxygen atoms in total. The van der Waals surface area contributed by atoms with Gasteiger partial charge in [0.15, 0.2) is 0 Å². The Morgan fingerprint density at radius 2 is 2.08 bits per heavy atom. The predicted molar refractivity (Wildman–Crippen MR) is 56.2 cm³/mol. The molecule has 0 atom stereocenters. The fourth-order valence-corrected chi connectivity index (χ4v) is 1.61. The van der Waals surface area contributed by atoms with Crippen LogP contribution in [-0.2, 0) is 0 Å². The molecule has 1 aromatic rings. The molecule has 0 bridgehead atoms. The van der Waals surface area contributed by atoms with Crippen molar-refractivity contribution in [2.75, 3.05) is 13.1 Å². The largest absolute Gasteiger partial charge is 0.323 e. The monoisotopic (exact) mass is 215 g/mol. The number of hydrogen-bond donors (Lipinski definition) is 0. The van der Waals surface area contributed by atoms with Gasteiger partial charge in [-0.3, -0.25) is 4.79 Å². The van der Waals surface area contributed by atoms with Crippen molar-refractivity contribution in [2.45, 2.75) is 4.90 Å². The minimum absolute atomic E-state index is 0.0406. The number of amides is 1. The Morgan fingerprint density at radius 3 is 2.62 bits per heavy atom. The minimum Gasteiger partial charge on any atom is -0.323 e. The van der Waals surface area contributed by atoms with E-state index in [1.807, 2.05) is 30.3 Å². The van der Waals surface area contributed by atoms with Gasteiger partial charge in [0.2, 0.25) is 0 Å². The SMILES string of the molecule is CN(CCl)C(=O)Sc1ccccc1. The molecule has 1 rings (SSSR count). The highest BCUT2D eigenvalue weighted by Crippen LogP contribution is 2.20. The highest BCUT2D eigenvalue weighted by atomic mass is 35.5. The van der Waals surface area contributed by atoms with E-state index in [-0.39, 0.29) is 11.2 Å². The zero-order valence-corrected chi connectivity index (χ0v) is 8.81. The van der Waals surface area contributed by atoms with Crippen LogP contribution in [0.2, 0.25) is 0 Å². The van der Waals surface area contributed by atoms with Crippen molar-refractivity contribution >= 4 is 28.6 Å². The van der Waals surface area contributed by atoms with Gasteiger partial charge in [0, 0.05) is 11.9 Å². The molecule has 13 heavy (non-hydrogen) atoms. The predicted octanol–water partition coefficient (Wildman–Crippen LogP) is 3.03. The topological polar surface area (TPSA) is 20.3 Å². The van der Waals surface area contributed by atoms with Crippen molar-refractivity contribution in [3.05, 3.63) is 30.3 Å². The standard InChI is InChI=1S/C9H10ClNOS/c1-11(7-10)9(12)13-8-5-3-2-4-6-8/h2-6H,7H2,1H3. The van der Waals surface area contributed by atoms with Crippen LogP contribution in [0.4, 0.5) is 4.79 Å². The van der Waals surface area contributed by atoms with Gasteiger partial charge >= 0.3 is 0 Å². The van der Waals surface area contributed by atoms with E-state index in [4.69, 9.17) is 11.6 Å². The second-order valence-corrected chi connectivity index (χ2v) is 3.76. The Kier molecular flexibility index (Phi) is 4.12. The van der Waals surface area contributed by atoms with E-state index >= 15 is 0 Å². The van der Waals surface area contributed by atoms with Crippen molar-refractivity contribution in [3.8, 4) is 0 Å². The first-order chi connectivity index (χ1) is 6.24. The number of nitrogens with zero attached hydrogens (tertiary/aromatic N) is 1. The summed E-state index contributed by atoms with van der Waals surface area (Å²) in [5, 5.41) is -0.0406. The molecule has 0 aliphatic rings. The van der Waals surface area contributed by atoms with Crippen LogP contribution in [0.3, 0.4) is 0 Å². The van der Waals surface area contributed by atoms with Crippen LogP contribution in [-0.4, -0.2) is 23.2 Å². The van der Waals surface area contributed by atoms with Gasteiger partial charge in [0.1, 0.15) is 0 Å². The van der Waals surface area contributed by atoms with Crippen molar-refractivity contribution in [3.63, 3.8) is 0 Å². The zero-order valence-electron chi connectivity index (χ0n) is 7.24. The lowest BCUT2D eigenvalue weighted by molar-refractivity contribution is 0.239. The Labute approximate surface area is 86.9 Å². The van der Waals surface area contributed by atoms with Gasteiger partial charge in [0.05, 0.1) is 6.00 Å². The molecule has 0 aliphatic heterocycles. The van der Waals surface area contributed by atoms with Crippen LogP contribution in [0, 0.1) is 0 Å². The van der Waals surface area contributed by atoms with Crippen LogP contribution in [0.15, 0.2) is 35.2 Å². The van der Waals surface area contributed by atoms with Crippen LogP contribution in [0.25, 0.3) is 0 Å². The van der Waals surface area contributed by atoms with Gasteiger partial charge in [-0.1, -0.05) is 18.2 Å². The molecule has 0 aromatic heterocycles. The van der Waals surface area contributed by atoms with Gasteiger partial charge in [-0.05, 0) is 23.9 Å². The first-order valence-corrected chi connectivity index (χ1v) is 5.13. The van der Waals surface area contributed by atoms with Gasteiger partial charge in [0.25, 0.3) is 5.24 Å². The first kappa shape index (κ1) is 10.4. The Morgan fingerprint density at radius 1 is 1.46 bits per heavy atom. The van der Waals surface area contributed by atoms with Gasteiger partial charge in [-0.2, -0.15) is 0 Å². The lowest BCUT2D eigenvalue weighted by Crippen LogP contribution is -2.20. The molecule has 1 amide bonds. The lowest BCUT2D eigenvalue weighted by Gasteiger charge is -2.11. The molecule has 0 saturated heterocycles. The van der Waals surface area contributed by atoms with Crippen LogP contribution < -0.4 is 0 Å². The summed E-state index contributed by atoms with van der Waals surface area (Å²) in [5.41, 5.74) is 0. The molecular formula is C9H10ClNOS. The van der Waals surface area contributed by atoms with Crippen LogP contribution in [0.5, 0.6) is 0 Å². The number of alkyl halides is 1. The summed E-state index contributed by atoms with van der Waals surface area (Å²) < 4.78 is 0. The number of carbonyl (C=O) groups excluding carboxylic acids is 1. The molecule has 70 valence electrons. The third kappa shape index (κ3) is 3.28. The summed E-state index contributed by atoms with van der Waals surface area (Å²) >= 11 is 6.68. The maximum atomic E-state index is 11.3. The number of halogens is 1. The Balaban J connectivity index is 2.55. The van der Waals surface area contributed by atoms with Crippen LogP contribution in [0.1, 0.15) is 0 Å². The highest BCUT2D eigenvalue weighted by Gasteiger charge is 2.08. The molecule has 0 heterocycles. The number of benzene rings is 1. The molecule has 0 saturated carbocycles. The number of thioether (sulfide) groups is 1. The molecular weight excluding hydrogens is 206 g/mol. The summed E-state index contributed by atoms with van der Waals surface area (Å²) in [6, 6.07) is 9.72. The van der Waals surface area contributed by atoms with Crippen LogP contribution >= 0.6 is 23.4 Å². The fourth-order valence-electron chi connectivity index (χ4n) is 0.716. The summed E-state index contributed by atoms with van der Waals surface area (Å²) in [6.07, 6.45) is 0. The minimum atomic E-state index is -0.0406. The first-order valence-electron chi connectivity index (χ1n) is 3.78. The zero-order chi connectivity index (χ0) is 9.68. The summed E-state index contributed by atoms with van der Waals surface area (Å²) in [7, 11) is 1.67. The average Bonchev–Trinajstić information content (AvgIpc) is 2.18. The second-order valence-electron chi connectivity index (χ2n) is 2.50. The third-order valence-electron chi connectivity index (χ3n) is 1.44. The van der Waals surface area contributed by atoms with Gasteiger partial charge < -0.3 is 4.90 Å². The molecule has 0 radical (unpaired) electrons. The highest BCUT2D eigenvalue weighted by molar-refractivity contribution is 8.13. The smallest absolute Gasteiger partial charge is 0.287 e. The normalized spacial score (nSPS) is 9.69. The second kappa shape index (κ2) is 5.14. The maximum absolute atomic E-state index is 11.3. The van der Waals surface area contributed by atoms with Gasteiger partial charge in [-0.15, -0.1) is 11.6 Å². The average molecular weight is 216 g/mol. The summed E-state index contributed by atoms with van der Waals surface area (Å²) in [5.74, 6) is 0. The fraction of sp³-hybridized carbons (Fsp3) is 0.222. The van der Waals surface area contributed by atoms with E-state index in [9.17, 15) is 4.79 Å². The number of rotatable bonds is 2. The van der Waals surface area contributed by atoms with E-state index in [0.29, 0.717) is 0 Å². The van der Waals surface area contributed by atoms with E-state index in [1.54, 1.807) is 7.05 Å². The summed E-state index contributed by atoms with van der Waals surface area (Å²) in [6.45, 7) is 0. The Bertz CT molecular complexity index is 278.